The summed E-state index contributed by atoms with van der Waals surface area (Å²) in [6.45, 7) is 0. The highest BCUT2D eigenvalue weighted by Crippen LogP contribution is 2.52. The minimum absolute atomic E-state index is 1.11. The van der Waals surface area contributed by atoms with Crippen LogP contribution in [0.1, 0.15) is 0 Å². The second-order valence-electron chi connectivity index (χ2n) is 15.2. The van der Waals surface area contributed by atoms with Gasteiger partial charge in [0.25, 0.3) is 0 Å². The van der Waals surface area contributed by atoms with Crippen LogP contribution in [0.25, 0.3) is 73.0 Å². The summed E-state index contributed by atoms with van der Waals surface area (Å²) in [6, 6.07) is 80.1. The van der Waals surface area contributed by atoms with Crippen LogP contribution in [0.15, 0.2) is 218 Å². The molecule has 0 aliphatic carbocycles. The summed E-state index contributed by atoms with van der Waals surface area (Å²) >= 11 is 3.72. The van der Waals surface area contributed by atoms with Crippen LogP contribution >= 0.6 is 22.7 Å². The molecule has 4 heteroatoms. The predicted octanol–water partition coefficient (Wildman–Crippen LogP) is 17.3. The minimum atomic E-state index is 1.11. The molecule has 0 saturated carbocycles. The summed E-state index contributed by atoms with van der Waals surface area (Å²) in [7, 11) is 0. The Labute approximate surface area is 356 Å². The molecule has 0 aliphatic rings. The minimum Gasteiger partial charge on any atom is -0.309 e. The molecule has 0 saturated heterocycles. The number of hydrogen-bond acceptors (Lipinski definition) is 4. The van der Waals surface area contributed by atoms with Gasteiger partial charge < -0.3 is 9.80 Å². The van der Waals surface area contributed by atoms with Crippen molar-refractivity contribution in [1.29, 1.82) is 0 Å². The number of para-hydroxylation sites is 2. The van der Waals surface area contributed by atoms with Gasteiger partial charge in [0, 0.05) is 62.2 Å². The lowest BCUT2D eigenvalue weighted by atomic mass is 9.96. The molecule has 2 heterocycles. The van der Waals surface area contributed by atoms with Crippen LogP contribution in [0.5, 0.6) is 0 Å². The van der Waals surface area contributed by atoms with E-state index in [1.54, 1.807) is 0 Å². The third-order valence-corrected chi connectivity index (χ3v) is 14.1. The van der Waals surface area contributed by atoms with Crippen molar-refractivity contribution in [3.63, 3.8) is 0 Å². The molecule has 10 aromatic carbocycles. The standard InChI is InChI=1S/C56H36N2S2/c1-3-21-39-37(17-1)19-13-29-45(39)57(49-31-15-35-53-55(49)43-25-7-11-33-51(43)59-53)47-27-9-5-23-41(47)42-24-6-10-28-48(42)58(46-30-14-20-38-18-2-4-22-40(38)46)50-32-16-36-54-56(50)44-26-8-12-34-52(44)60-54/h1-36H. The molecule has 0 aliphatic heterocycles. The van der Waals surface area contributed by atoms with Crippen molar-refractivity contribution in [1.82, 2.24) is 0 Å². The number of rotatable bonds is 7. The number of hydrogen-bond donors (Lipinski definition) is 0. The fourth-order valence-electron chi connectivity index (χ4n) is 9.26. The highest BCUT2D eigenvalue weighted by atomic mass is 32.1. The molecule has 2 aromatic heterocycles. The Morgan fingerprint density at radius 2 is 0.550 bits per heavy atom. The number of benzene rings is 10. The molecule has 60 heavy (non-hydrogen) atoms. The molecular formula is C56H36N2S2. The summed E-state index contributed by atoms with van der Waals surface area (Å²) in [6.07, 6.45) is 0. The highest BCUT2D eigenvalue weighted by molar-refractivity contribution is 7.26. The van der Waals surface area contributed by atoms with E-state index < -0.39 is 0 Å². The van der Waals surface area contributed by atoms with E-state index in [-0.39, 0.29) is 0 Å². The molecule has 0 bridgehead atoms. The second-order valence-corrected chi connectivity index (χ2v) is 17.4. The largest absolute Gasteiger partial charge is 0.309 e. The first-order valence-corrected chi connectivity index (χ1v) is 22.0. The fraction of sp³-hybridized carbons (Fsp3) is 0. The topological polar surface area (TPSA) is 6.48 Å². The zero-order valence-electron chi connectivity index (χ0n) is 32.5. The predicted molar refractivity (Wildman–Crippen MR) is 262 cm³/mol. The maximum Gasteiger partial charge on any atom is 0.0555 e. The van der Waals surface area contributed by atoms with E-state index >= 15 is 0 Å². The van der Waals surface area contributed by atoms with E-state index in [0.29, 0.717) is 0 Å². The van der Waals surface area contributed by atoms with Crippen LogP contribution in [0.3, 0.4) is 0 Å². The average molecular weight is 801 g/mol. The van der Waals surface area contributed by atoms with Gasteiger partial charge in [-0.1, -0.05) is 158 Å². The molecule has 0 N–H and O–H groups in total. The van der Waals surface area contributed by atoms with Crippen molar-refractivity contribution in [2.24, 2.45) is 0 Å². The SMILES string of the molecule is c1ccc(N(c2cccc3ccccc23)c2cccc3sc4ccccc4c23)c(-c2ccccc2N(c2cccc3ccccc23)c2cccc3sc4ccccc4c23)c1. The molecule has 0 atom stereocenters. The molecule has 0 unspecified atom stereocenters. The van der Waals surface area contributed by atoms with Gasteiger partial charge >= 0.3 is 0 Å². The fourth-order valence-corrected chi connectivity index (χ4v) is 11.5. The van der Waals surface area contributed by atoms with Crippen molar-refractivity contribution < 1.29 is 0 Å². The summed E-state index contributed by atoms with van der Waals surface area (Å²) in [4.78, 5) is 5.04. The van der Waals surface area contributed by atoms with Crippen molar-refractivity contribution in [2.75, 3.05) is 9.80 Å². The summed E-state index contributed by atoms with van der Waals surface area (Å²) in [5, 5.41) is 9.90. The smallest absolute Gasteiger partial charge is 0.0555 e. The third kappa shape index (κ3) is 5.53. The number of thiophene rings is 2. The van der Waals surface area contributed by atoms with E-state index in [4.69, 9.17) is 0 Å². The van der Waals surface area contributed by atoms with Crippen LogP contribution in [0.2, 0.25) is 0 Å². The maximum atomic E-state index is 2.52. The lowest BCUT2D eigenvalue weighted by Gasteiger charge is -2.32. The molecule has 282 valence electrons. The lowest BCUT2D eigenvalue weighted by Crippen LogP contribution is -2.14. The molecule has 12 aromatic rings. The Bertz CT molecular complexity index is 3350. The van der Waals surface area contributed by atoms with E-state index in [1.807, 2.05) is 22.7 Å². The van der Waals surface area contributed by atoms with Gasteiger partial charge in [0.2, 0.25) is 0 Å². The van der Waals surface area contributed by atoms with Crippen LogP contribution in [-0.2, 0) is 0 Å². The number of nitrogens with zero attached hydrogens (tertiary/aromatic N) is 2. The lowest BCUT2D eigenvalue weighted by molar-refractivity contribution is 1.29. The van der Waals surface area contributed by atoms with Gasteiger partial charge in [-0.3, -0.25) is 0 Å². The van der Waals surface area contributed by atoms with Crippen molar-refractivity contribution in [3.8, 4) is 11.1 Å². The first kappa shape index (κ1) is 34.8. The van der Waals surface area contributed by atoms with Crippen LogP contribution in [0, 0.1) is 0 Å². The van der Waals surface area contributed by atoms with Gasteiger partial charge in [0.1, 0.15) is 0 Å². The van der Waals surface area contributed by atoms with Crippen LogP contribution in [0.4, 0.5) is 34.1 Å². The molecule has 0 radical (unpaired) electrons. The summed E-state index contributed by atoms with van der Waals surface area (Å²) in [5.74, 6) is 0. The zero-order valence-corrected chi connectivity index (χ0v) is 34.1. The van der Waals surface area contributed by atoms with Crippen LogP contribution < -0.4 is 9.80 Å². The van der Waals surface area contributed by atoms with Gasteiger partial charge in [-0.15, -0.1) is 22.7 Å². The normalized spacial score (nSPS) is 11.7. The summed E-state index contributed by atoms with van der Waals surface area (Å²) < 4.78 is 5.12. The first-order valence-electron chi connectivity index (χ1n) is 20.3. The molecular weight excluding hydrogens is 765 g/mol. The third-order valence-electron chi connectivity index (χ3n) is 11.8. The van der Waals surface area contributed by atoms with Crippen molar-refractivity contribution in [2.45, 2.75) is 0 Å². The quantitative estimate of drug-likeness (QED) is 0.158. The molecule has 0 spiro atoms. The zero-order chi connectivity index (χ0) is 39.6. The molecule has 12 rings (SSSR count). The van der Waals surface area contributed by atoms with Crippen LogP contribution in [-0.4, -0.2) is 0 Å². The van der Waals surface area contributed by atoms with E-state index in [9.17, 15) is 0 Å². The second kappa shape index (κ2) is 14.2. The van der Waals surface area contributed by atoms with Gasteiger partial charge in [0.05, 0.1) is 34.1 Å². The van der Waals surface area contributed by atoms with E-state index in [0.717, 1.165) is 45.3 Å². The van der Waals surface area contributed by atoms with Gasteiger partial charge in [-0.2, -0.15) is 0 Å². The average Bonchev–Trinajstić information content (AvgIpc) is 3.89. The van der Waals surface area contributed by atoms with E-state index in [2.05, 4.69) is 228 Å². The highest BCUT2D eigenvalue weighted by Gasteiger charge is 2.26. The molecule has 2 nitrogen and oxygen atoms in total. The van der Waals surface area contributed by atoms with Crippen molar-refractivity contribution >= 4 is 119 Å². The Morgan fingerprint density at radius 3 is 1.03 bits per heavy atom. The Kier molecular flexibility index (Phi) is 8.25. The van der Waals surface area contributed by atoms with Gasteiger partial charge in [-0.25, -0.2) is 0 Å². The number of fused-ring (bicyclic) bond motifs is 8. The van der Waals surface area contributed by atoms with Gasteiger partial charge in [0.15, 0.2) is 0 Å². The maximum absolute atomic E-state index is 2.52. The molecule has 0 amide bonds. The first-order chi connectivity index (χ1) is 29.8. The Hall–Kier alpha value is -7.24. The van der Waals surface area contributed by atoms with E-state index in [1.165, 1.54) is 61.9 Å². The van der Waals surface area contributed by atoms with Crippen molar-refractivity contribution in [3.05, 3.63) is 218 Å². The number of anilines is 6. The molecule has 0 fully saturated rings. The summed E-state index contributed by atoms with van der Waals surface area (Å²) in [5.41, 5.74) is 9.11. The van der Waals surface area contributed by atoms with Gasteiger partial charge in [-0.05, 0) is 71.4 Å². The Balaban J connectivity index is 1.17. The Morgan fingerprint density at radius 1 is 0.233 bits per heavy atom. The monoisotopic (exact) mass is 800 g/mol.